The lowest BCUT2D eigenvalue weighted by Crippen LogP contribution is -2.38. The van der Waals surface area contributed by atoms with Gasteiger partial charge in [0.2, 0.25) is 0 Å². The van der Waals surface area contributed by atoms with Crippen LogP contribution >= 0.6 is 0 Å². The molecule has 1 aliphatic rings. The molecule has 1 saturated heterocycles. The van der Waals surface area contributed by atoms with Crippen molar-refractivity contribution in [3.8, 4) is 0 Å². The van der Waals surface area contributed by atoms with E-state index in [0.29, 0.717) is 0 Å². The molecule has 0 bridgehead atoms. The van der Waals surface area contributed by atoms with Gasteiger partial charge >= 0.3 is 0 Å². The first kappa shape index (κ1) is 8.93. The van der Waals surface area contributed by atoms with Crippen LogP contribution in [-0.2, 0) is 9.47 Å². The average molecular weight is 162 g/mol. The molecular formula is C7H14O4. The van der Waals surface area contributed by atoms with E-state index < -0.39 is 24.4 Å². The molecule has 4 atom stereocenters. The van der Waals surface area contributed by atoms with Crippen LogP contribution in [0.25, 0.3) is 0 Å². The number of hydrogen-bond acceptors (Lipinski definition) is 4. The number of ether oxygens (including phenoxy) is 2. The van der Waals surface area contributed by atoms with E-state index in [1.807, 2.05) is 0 Å². The van der Waals surface area contributed by atoms with Crippen molar-refractivity contribution in [1.29, 1.82) is 0 Å². The third-order valence-electron chi connectivity index (χ3n) is 1.91. The molecule has 0 aliphatic carbocycles. The van der Waals surface area contributed by atoms with Gasteiger partial charge in [0.05, 0.1) is 12.7 Å². The van der Waals surface area contributed by atoms with Gasteiger partial charge in [-0.05, 0) is 6.92 Å². The van der Waals surface area contributed by atoms with Gasteiger partial charge in [-0.1, -0.05) is 0 Å². The lowest BCUT2D eigenvalue weighted by Gasteiger charge is -2.20. The molecule has 0 aromatic heterocycles. The third-order valence-corrected chi connectivity index (χ3v) is 1.91. The maximum Gasteiger partial charge on any atom is 0.114 e. The van der Waals surface area contributed by atoms with Crippen molar-refractivity contribution in [1.82, 2.24) is 0 Å². The Bertz CT molecular complexity index is 126. The summed E-state index contributed by atoms with van der Waals surface area (Å²) >= 11 is 0. The summed E-state index contributed by atoms with van der Waals surface area (Å²) in [6.07, 6.45) is -2.00. The zero-order valence-corrected chi connectivity index (χ0v) is 6.73. The van der Waals surface area contributed by atoms with Crippen molar-refractivity contribution >= 4 is 0 Å². The number of methoxy groups -OCH3 is 1. The Morgan fingerprint density at radius 1 is 1.64 bits per heavy atom. The zero-order chi connectivity index (χ0) is 8.43. The Kier molecular flexibility index (Phi) is 2.84. The summed E-state index contributed by atoms with van der Waals surface area (Å²) in [7, 11) is 1.50. The van der Waals surface area contributed by atoms with Crippen molar-refractivity contribution in [2.24, 2.45) is 0 Å². The highest BCUT2D eigenvalue weighted by Gasteiger charge is 2.38. The van der Waals surface area contributed by atoms with Gasteiger partial charge in [-0.3, -0.25) is 0 Å². The van der Waals surface area contributed by atoms with Crippen molar-refractivity contribution in [2.75, 3.05) is 13.7 Å². The predicted molar refractivity (Wildman–Crippen MR) is 38.2 cm³/mol. The Hall–Kier alpha value is -0.160. The fourth-order valence-electron chi connectivity index (χ4n) is 1.32. The fraction of sp³-hybridized carbons (Fsp3) is 1.00. The molecule has 0 radical (unpaired) electrons. The Labute approximate surface area is 65.7 Å². The first-order chi connectivity index (χ1) is 5.16. The van der Waals surface area contributed by atoms with Crippen LogP contribution in [0.4, 0.5) is 0 Å². The van der Waals surface area contributed by atoms with Crippen LogP contribution < -0.4 is 0 Å². The second-order valence-electron chi connectivity index (χ2n) is 2.81. The molecule has 1 heterocycles. The summed E-state index contributed by atoms with van der Waals surface area (Å²) in [6, 6.07) is 0. The van der Waals surface area contributed by atoms with Gasteiger partial charge in [-0.25, -0.2) is 0 Å². The van der Waals surface area contributed by atoms with Crippen LogP contribution in [0.5, 0.6) is 0 Å². The van der Waals surface area contributed by atoms with E-state index in [1.165, 1.54) is 7.11 Å². The molecule has 11 heavy (non-hydrogen) atoms. The molecule has 1 fully saturated rings. The summed E-state index contributed by atoms with van der Waals surface area (Å²) in [5.41, 5.74) is 0. The Morgan fingerprint density at radius 3 is 2.64 bits per heavy atom. The van der Waals surface area contributed by atoms with Crippen LogP contribution in [0, 0.1) is 0 Å². The normalized spacial score (nSPS) is 40.9. The highest BCUT2D eigenvalue weighted by Crippen LogP contribution is 2.19. The van der Waals surface area contributed by atoms with Gasteiger partial charge < -0.3 is 19.7 Å². The molecule has 0 aromatic rings. The molecule has 0 spiro atoms. The van der Waals surface area contributed by atoms with Crippen LogP contribution in [0.15, 0.2) is 0 Å². The molecule has 1 rings (SSSR count). The number of aliphatic hydroxyl groups excluding tert-OH is 2. The summed E-state index contributed by atoms with van der Waals surface area (Å²) < 4.78 is 10.1. The Balaban J connectivity index is 2.54. The van der Waals surface area contributed by atoms with Crippen LogP contribution in [0.2, 0.25) is 0 Å². The summed E-state index contributed by atoms with van der Waals surface area (Å²) in [4.78, 5) is 0. The molecule has 2 N–H and O–H groups in total. The van der Waals surface area contributed by atoms with Crippen molar-refractivity contribution in [3.05, 3.63) is 0 Å². The molecule has 4 heteroatoms. The highest BCUT2D eigenvalue weighted by atomic mass is 16.6. The SMILES string of the molecule is COC1[C@@H](O)CO[C@@H]1[C@H](C)O. The van der Waals surface area contributed by atoms with Crippen molar-refractivity contribution < 1.29 is 19.7 Å². The second-order valence-corrected chi connectivity index (χ2v) is 2.81. The molecule has 0 amide bonds. The number of aliphatic hydroxyl groups is 2. The molecule has 0 saturated carbocycles. The topological polar surface area (TPSA) is 58.9 Å². The van der Waals surface area contributed by atoms with E-state index in [0.717, 1.165) is 0 Å². The van der Waals surface area contributed by atoms with Crippen LogP contribution in [0.3, 0.4) is 0 Å². The molecule has 4 nitrogen and oxygen atoms in total. The standard InChI is InChI=1S/C7H14O4/c1-4(8)6-7(10-2)5(9)3-11-6/h4-9H,3H2,1-2H3/t4-,5-,6+,7?/m0/s1. The van der Waals surface area contributed by atoms with Crippen LogP contribution in [0.1, 0.15) is 6.92 Å². The van der Waals surface area contributed by atoms with Crippen LogP contribution in [-0.4, -0.2) is 48.3 Å². The largest absolute Gasteiger partial charge is 0.391 e. The van der Waals surface area contributed by atoms with E-state index in [4.69, 9.17) is 14.6 Å². The minimum Gasteiger partial charge on any atom is -0.391 e. The van der Waals surface area contributed by atoms with Gasteiger partial charge in [0.15, 0.2) is 0 Å². The first-order valence-corrected chi connectivity index (χ1v) is 3.67. The first-order valence-electron chi connectivity index (χ1n) is 3.67. The molecule has 1 aliphatic heterocycles. The summed E-state index contributed by atoms with van der Waals surface area (Å²) in [5.74, 6) is 0. The maximum absolute atomic E-state index is 9.25. The van der Waals surface area contributed by atoms with Gasteiger partial charge in [0.25, 0.3) is 0 Å². The minimum absolute atomic E-state index is 0.244. The van der Waals surface area contributed by atoms with E-state index in [-0.39, 0.29) is 6.61 Å². The monoisotopic (exact) mass is 162 g/mol. The van der Waals surface area contributed by atoms with E-state index in [9.17, 15) is 5.11 Å². The lowest BCUT2D eigenvalue weighted by molar-refractivity contribution is -0.0601. The summed E-state index contributed by atoms with van der Waals surface area (Å²) in [5, 5.41) is 18.4. The van der Waals surface area contributed by atoms with E-state index >= 15 is 0 Å². The average Bonchev–Trinajstić information content (AvgIpc) is 2.30. The van der Waals surface area contributed by atoms with Gasteiger partial charge in [-0.2, -0.15) is 0 Å². The number of rotatable bonds is 2. The van der Waals surface area contributed by atoms with E-state index in [1.54, 1.807) is 6.92 Å². The molecule has 66 valence electrons. The van der Waals surface area contributed by atoms with Crippen molar-refractivity contribution in [2.45, 2.75) is 31.3 Å². The summed E-state index contributed by atoms with van der Waals surface area (Å²) in [6.45, 7) is 1.86. The molecule has 0 aromatic carbocycles. The van der Waals surface area contributed by atoms with Crippen molar-refractivity contribution in [3.63, 3.8) is 0 Å². The Morgan fingerprint density at radius 2 is 2.27 bits per heavy atom. The highest BCUT2D eigenvalue weighted by molar-refractivity contribution is 4.87. The third kappa shape index (κ3) is 1.70. The quantitative estimate of drug-likeness (QED) is 0.555. The van der Waals surface area contributed by atoms with Gasteiger partial charge in [-0.15, -0.1) is 0 Å². The molecular weight excluding hydrogens is 148 g/mol. The fourth-order valence-corrected chi connectivity index (χ4v) is 1.32. The van der Waals surface area contributed by atoms with Gasteiger partial charge in [0.1, 0.15) is 18.3 Å². The molecule has 1 unspecified atom stereocenters. The number of hydrogen-bond donors (Lipinski definition) is 2. The van der Waals surface area contributed by atoms with E-state index in [2.05, 4.69) is 0 Å². The smallest absolute Gasteiger partial charge is 0.114 e. The second kappa shape index (κ2) is 3.49. The minimum atomic E-state index is -0.611. The predicted octanol–water partition coefficient (Wildman–Crippen LogP) is -0.858. The zero-order valence-electron chi connectivity index (χ0n) is 6.73. The lowest BCUT2D eigenvalue weighted by atomic mass is 10.1. The van der Waals surface area contributed by atoms with Gasteiger partial charge in [0, 0.05) is 7.11 Å². The maximum atomic E-state index is 9.25.